The number of fused-ring (bicyclic) bond motifs is 1. The lowest BCUT2D eigenvalue weighted by atomic mass is 10.0. The number of thiophene rings is 1. The summed E-state index contributed by atoms with van der Waals surface area (Å²) in [7, 11) is 0. The SMILES string of the molecule is O=C1NCCC1CCOc1ccc(-c2cccc3sc(-c4ccc(OCCN5CCCC5)cc4)cc23)cc1. The number of carbonyl (C=O) groups excluding carboxylic acids is 1. The number of hydrogen-bond donors (Lipinski definition) is 1. The number of rotatable bonds is 10. The summed E-state index contributed by atoms with van der Waals surface area (Å²) in [4.78, 5) is 15.5. The fourth-order valence-electron chi connectivity index (χ4n) is 5.44. The molecule has 1 atom stereocenters. The Bertz CT molecular complexity index is 1370. The van der Waals surface area contributed by atoms with Crippen LogP contribution in [0.5, 0.6) is 11.5 Å². The maximum absolute atomic E-state index is 11.7. The number of benzene rings is 3. The van der Waals surface area contributed by atoms with Crippen molar-refractivity contribution in [1.82, 2.24) is 10.2 Å². The van der Waals surface area contributed by atoms with Crippen LogP contribution in [0.4, 0.5) is 0 Å². The van der Waals surface area contributed by atoms with Gasteiger partial charge < -0.3 is 14.8 Å². The zero-order valence-electron chi connectivity index (χ0n) is 21.7. The Hall–Kier alpha value is -3.35. The molecule has 1 amide bonds. The van der Waals surface area contributed by atoms with Gasteiger partial charge in [0.1, 0.15) is 18.1 Å². The van der Waals surface area contributed by atoms with Gasteiger partial charge >= 0.3 is 0 Å². The lowest BCUT2D eigenvalue weighted by Gasteiger charge is -2.14. The first-order valence-corrected chi connectivity index (χ1v) is 14.5. The summed E-state index contributed by atoms with van der Waals surface area (Å²) in [5, 5.41) is 4.15. The van der Waals surface area contributed by atoms with Gasteiger partial charge in [0.25, 0.3) is 0 Å². The predicted octanol–water partition coefficient (Wildman–Crippen LogP) is 6.61. The van der Waals surface area contributed by atoms with Crippen molar-refractivity contribution in [1.29, 1.82) is 0 Å². The van der Waals surface area contributed by atoms with Crippen LogP contribution >= 0.6 is 11.3 Å². The number of nitrogens with one attached hydrogen (secondary N) is 1. The molecule has 2 aliphatic heterocycles. The molecular weight excluding hydrogens is 492 g/mol. The third-order valence-corrected chi connectivity index (χ3v) is 8.79. The number of carbonyl (C=O) groups is 1. The monoisotopic (exact) mass is 526 g/mol. The number of nitrogens with zero attached hydrogens (tertiary/aromatic N) is 1. The van der Waals surface area contributed by atoms with Gasteiger partial charge in [0.2, 0.25) is 5.91 Å². The molecule has 38 heavy (non-hydrogen) atoms. The highest BCUT2D eigenvalue weighted by molar-refractivity contribution is 7.22. The molecular formula is C32H34N2O3S. The van der Waals surface area contributed by atoms with Gasteiger partial charge in [0.05, 0.1) is 6.61 Å². The molecule has 1 aromatic heterocycles. The molecule has 1 unspecified atom stereocenters. The van der Waals surface area contributed by atoms with Crippen LogP contribution in [0.25, 0.3) is 31.7 Å². The molecule has 1 N–H and O–H groups in total. The summed E-state index contributed by atoms with van der Waals surface area (Å²) >= 11 is 1.82. The van der Waals surface area contributed by atoms with Crippen molar-refractivity contribution in [2.75, 3.05) is 39.4 Å². The average molecular weight is 527 g/mol. The van der Waals surface area contributed by atoms with Gasteiger partial charge in [-0.05, 0) is 104 Å². The normalized spacial score (nSPS) is 17.7. The molecule has 3 heterocycles. The van der Waals surface area contributed by atoms with E-state index in [1.165, 1.54) is 57.6 Å². The zero-order chi connectivity index (χ0) is 25.7. The quantitative estimate of drug-likeness (QED) is 0.252. The van der Waals surface area contributed by atoms with Crippen molar-refractivity contribution in [3.05, 3.63) is 72.8 Å². The van der Waals surface area contributed by atoms with E-state index in [9.17, 15) is 4.79 Å². The first kappa shape index (κ1) is 25.0. The molecule has 0 bridgehead atoms. The highest BCUT2D eigenvalue weighted by Crippen LogP contribution is 2.39. The summed E-state index contributed by atoms with van der Waals surface area (Å²) in [6.45, 7) is 5.50. The van der Waals surface area contributed by atoms with Crippen molar-refractivity contribution >= 4 is 27.3 Å². The van der Waals surface area contributed by atoms with Gasteiger partial charge in [0, 0.05) is 34.0 Å². The Morgan fingerprint density at radius 2 is 1.58 bits per heavy atom. The second-order valence-corrected chi connectivity index (χ2v) is 11.3. The smallest absolute Gasteiger partial charge is 0.223 e. The molecule has 6 rings (SSSR count). The number of hydrogen-bond acceptors (Lipinski definition) is 5. The van der Waals surface area contributed by atoms with E-state index in [1.807, 2.05) is 23.5 Å². The average Bonchev–Trinajstić information content (AvgIpc) is 3.71. The van der Waals surface area contributed by atoms with E-state index in [2.05, 4.69) is 70.9 Å². The van der Waals surface area contributed by atoms with Crippen LogP contribution in [0.2, 0.25) is 0 Å². The number of amides is 1. The zero-order valence-corrected chi connectivity index (χ0v) is 22.5. The van der Waals surface area contributed by atoms with Crippen molar-refractivity contribution in [3.63, 3.8) is 0 Å². The summed E-state index contributed by atoms with van der Waals surface area (Å²) < 4.78 is 13.2. The third-order valence-electron chi connectivity index (χ3n) is 7.64. The first-order valence-electron chi connectivity index (χ1n) is 13.7. The fourth-order valence-corrected chi connectivity index (χ4v) is 6.53. The van der Waals surface area contributed by atoms with Crippen LogP contribution in [-0.4, -0.2) is 50.2 Å². The standard InChI is InChI=1S/C32H34N2O3S/c35-32-25(14-16-33-32)15-20-36-26-10-6-23(7-11-26)28-4-3-5-30-29(28)22-31(38-30)24-8-12-27(13-9-24)37-21-19-34-17-1-2-18-34/h3-13,22,25H,1-2,14-21H2,(H,33,35). The van der Waals surface area contributed by atoms with Crippen LogP contribution in [-0.2, 0) is 4.79 Å². The van der Waals surface area contributed by atoms with Crippen LogP contribution in [0.3, 0.4) is 0 Å². The van der Waals surface area contributed by atoms with E-state index < -0.39 is 0 Å². The molecule has 0 aliphatic carbocycles. The van der Waals surface area contributed by atoms with E-state index in [4.69, 9.17) is 9.47 Å². The van der Waals surface area contributed by atoms with Crippen molar-refractivity contribution in [2.45, 2.75) is 25.7 Å². The molecule has 4 aromatic rings. The van der Waals surface area contributed by atoms with E-state index in [-0.39, 0.29) is 11.8 Å². The van der Waals surface area contributed by atoms with Gasteiger partial charge in [-0.1, -0.05) is 24.3 Å². The minimum Gasteiger partial charge on any atom is -0.494 e. The molecule has 2 aliphatic rings. The Labute approximate surface area is 228 Å². The van der Waals surface area contributed by atoms with E-state index in [0.717, 1.165) is 44.0 Å². The first-order chi connectivity index (χ1) is 18.7. The lowest BCUT2D eigenvalue weighted by molar-refractivity contribution is -0.122. The molecule has 0 saturated carbocycles. The molecule has 2 saturated heterocycles. The van der Waals surface area contributed by atoms with Gasteiger partial charge in [-0.3, -0.25) is 9.69 Å². The Morgan fingerprint density at radius 1 is 0.868 bits per heavy atom. The van der Waals surface area contributed by atoms with Gasteiger partial charge in [-0.2, -0.15) is 0 Å². The maximum Gasteiger partial charge on any atom is 0.223 e. The molecule has 0 spiro atoms. The summed E-state index contributed by atoms with van der Waals surface area (Å²) in [6.07, 6.45) is 4.29. The van der Waals surface area contributed by atoms with Crippen LogP contribution in [0, 0.1) is 5.92 Å². The minimum atomic E-state index is 0.0863. The molecule has 5 nitrogen and oxygen atoms in total. The summed E-state index contributed by atoms with van der Waals surface area (Å²) in [5.41, 5.74) is 3.61. The number of likely N-dealkylation sites (tertiary alicyclic amines) is 1. The van der Waals surface area contributed by atoms with E-state index in [1.54, 1.807) is 0 Å². The predicted molar refractivity (Wildman–Crippen MR) is 155 cm³/mol. The van der Waals surface area contributed by atoms with Crippen LogP contribution < -0.4 is 14.8 Å². The molecule has 2 fully saturated rings. The largest absolute Gasteiger partial charge is 0.494 e. The topological polar surface area (TPSA) is 50.8 Å². The Kier molecular flexibility index (Phi) is 7.61. The number of ether oxygens (including phenoxy) is 2. The van der Waals surface area contributed by atoms with E-state index in [0.29, 0.717) is 6.61 Å². The van der Waals surface area contributed by atoms with E-state index >= 15 is 0 Å². The fraction of sp³-hybridized carbons (Fsp3) is 0.344. The van der Waals surface area contributed by atoms with Gasteiger partial charge in [-0.15, -0.1) is 11.3 Å². The maximum atomic E-state index is 11.7. The third kappa shape index (κ3) is 5.71. The highest BCUT2D eigenvalue weighted by atomic mass is 32.1. The summed E-state index contributed by atoms with van der Waals surface area (Å²) in [6, 6.07) is 25.6. The molecule has 0 radical (unpaired) electrons. The summed E-state index contributed by atoms with van der Waals surface area (Å²) in [5.74, 6) is 2.02. The van der Waals surface area contributed by atoms with Crippen LogP contribution in [0.15, 0.2) is 72.8 Å². The van der Waals surface area contributed by atoms with Crippen molar-refractivity contribution in [2.24, 2.45) is 5.92 Å². The van der Waals surface area contributed by atoms with Gasteiger partial charge in [-0.25, -0.2) is 0 Å². The Morgan fingerprint density at radius 3 is 2.29 bits per heavy atom. The molecule has 196 valence electrons. The highest BCUT2D eigenvalue weighted by Gasteiger charge is 2.23. The van der Waals surface area contributed by atoms with Crippen LogP contribution in [0.1, 0.15) is 25.7 Å². The Balaban J connectivity index is 1.11. The van der Waals surface area contributed by atoms with Gasteiger partial charge in [0.15, 0.2) is 0 Å². The van der Waals surface area contributed by atoms with Crippen molar-refractivity contribution in [3.8, 4) is 33.1 Å². The minimum absolute atomic E-state index is 0.0863. The van der Waals surface area contributed by atoms with Crippen molar-refractivity contribution < 1.29 is 14.3 Å². The molecule has 3 aromatic carbocycles. The second kappa shape index (κ2) is 11.6. The second-order valence-electron chi connectivity index (χ2n) is 10.2. The lowest BCUT2D eigenvalue weighted by Crippen LogP contribution is -2.25. The molecule has 6 heteroatoms.